The normalized spacial score (nSPS) is 12.7. The number of thiophene rings is 1. The van der Waals surface area contributed by atoms with Gasteiger partial charge in [0.1, 0.15) is 0 Å². The van der Waals surface area contributed by atoms with Crippen LogP contribution in [0.2, 0.25) is 0 Å². The molecule has 1 heterocycles. The molecule has 1 aromatic carbocycles. The van der Waals surface area contributed by atoms with Crippen LogP contribution in [0.4, 0.5) is 0 Å². The first-order valence-electron chi connectivity index (χ1n) is 4.88. The molecule has 0 aliphatic heterocycles. The van der Waals surface area contributed by atoms with Gasteiger partial charge in [-0.15, -0.1) is 11.3 Å². The standard InChI is InChI=1S/C12H11Br2NS/c1-15-11(12-10(14)6-7-16-12)8-4-2-3-5-9(8)13/h2-7,11,15H,1H3. The van der Waals surface area contributed by atoms with Crippen molar-refractivity contribution in [2.45, 2.75) is 6.04 Å². The summed E-state index contributed by atoms with van der Waals surface area (Å²) in [5, 5.41) is 5.45. The predicted octanol–water partition coefficient (Wildman–Crippen LogP) is 4.58. The largest absolute Gasteiger partial charge is 0.309 e. The summed E-state index contributed by atoms with van der Waals surface area (Å²) in [6.45, 7) is 0. The van der Waals surface area contributed by atoms with Crippen molar-refractivity contribution in [2.24, 2.45) is 0 Å². The molecule has 1 nitrogen and oxygen atoms in total. The molecule has 0 spiro atoms. The fraction of sp³-hybridized carbons (Fsp3) is 0.167. The van der Waals surface area contributed by atoms with Gasteiger partial charge in [-0.1, -0.05) is 34.1 Å². The topological polar surface area (TPSA) is 12.0 Å². The van der Waals surface area contributed by atoms with Crippen LogP contribution in [0.5, 0.6) is 0 Å². The van der Waals surface area contributed by atoms with Crippen LogP contribution >= 0.6 is 43.2 Å². The second-order valence-corrected chi connectivity index (χ2v) is 6.03. The Morgan fingerprint density at radius 1 is 1.12 bits per heavy atom. The Bertz CT molecular complexity index is 481. The number of hydrogen-bond donors (Lipinski definition) is 1. The Kier molecular flexibility index (Phi) is 4.19. The third kappa shape index (κ3) is 2.40. The average molecular weight is 361 g/mol. The van der Waals surface area contributed by atoms with E-state index in [0.29, 0.717) is 0 Å². The van der Waals surface area contributed by atoms with Crippen molar-refractivity contribution in [3.8, 4) is 0 Å². The maximum Gasteiger partial charge on any atom is 0.0691 e. The summed E-state index contributed by atoms with van der Waals surface area (Å²) in [6, 6.07) is 10.6. The fourth-order valence-electron chi connectivity index (χ4n) is 1.65. The lowest BCUT2D eigenvalue weighted by Crippen LogP contribution is -2.17. The van der Waals surface area contributed by atoms with Crippen LogP contribution in [0.1, 0.15) is 16.5 Å². The van der Waals surface area contributed by atoms with E-state index in [-0.39, 0.29) is 6.04 Å². The lowest BCUT2D eigenvalue weighted by atomic mass is 10.1. The smallest absolute Gasteiger partial charge is 0.0691 e. The number of hydrogen-bond acceptors (Lipinski definition) is 2. The van der Waals surface area contributed by atoms with Crippen molar-refractivity contribution in [3.05, 3.63) is 55.1 Å². The van der Waals surface area contributed by atoms with E-state index in [0.717, 1.165) is 8.95 Å². The van der Waals surface area contributed by atoms with Gasteiger partial charge < -0.3 is 5.32 Å². The van der Waals surface area contributed by atoms with E-state index in [1.165, 1.54) is 10.4 Å². The minimum Gasteiger partial charge on any atom is -0.309 e. The van der Waals surface area contributed by atoms with Crippen molar-refractivity contribution in [1.82, 2.24) is 5.32 Å². The Hall–Kier alpha value is -0.160. The molecule has 0 amide bonds. The van der Waals surface area contributed by atoms with Gasteiger partial charge in [-0.2, -0.15) is 0 Å². The lowest BCUT2D eigenvalue weighted by Gasteiger charge is -2.17. The first kappa shape index (κ1) is 12.3. The van der Waals surface area contributed by atoms with Crippen molar-refractivity contribution in [2.75, 3.05) is 7.05 Å². The molecule has 0 radical (unpaired) electrons. The second-order valence-electron chi connectivity index (χ2n) is 3.38. The molecule has 0 saturated heterocycles. The van der Waals surface area contributed by atoms with Gasteiger partial charge in [-0.05, 0) is 46.1 Å². The first-order valence-corrected chi connectivity index (χ1v) is 7.35. The summed E-state index contributed by atoms with van der Waals surface area (Å²) in [7, 11) is 1.98. The van der Waals surface area contributed by atoms with Crippen molar-refractivity contribution < 1.29 is 0 Å². The van der Waals surface area contributed by atoms with Crippen molar-refractivity contribution >= 4 is 43.2 Å². The number of rotatable bonds is 3. The molecule has 1 N–H and O–H groups in total. The highest BCUT2D eigenvalue weighted by Gasteiger charge is 2.17. The molecule has 16 heavy (non-hydrogen) atoms. The van der Waals surface area contributed by atoms with Gasteiger partial charge in [0.15, 0.2) is 0 Å². The van der Waals surface area contributed by atoms with E-state index in [1.54, 1.807) is 11.3 Å². The van der Waals surface area contributed by atoms with E-state index in [4.69, 9.17) is 0 Å². The van der Waals surface area contributed by atoms with Crippen LogP contribution in [0.25, 0.3) is 0 Å². The molecule has 0 aliphatic carbocycles. The van der Waals surface area contributed by atoms with Crippen LogP contribution in [-0.2, 0) is 0 Å². The highest BCUT2D eigenvalue weighted by molar-refractivity contribution is 9.10. The van der Waals surface area contributed by atoms with E-state index >= 15 is 0 Å². The average Bonchev–Trinajstić information content (AvgIpc) is 2.69. The van der Waals surface area contributed by atoms with E-state index < -0.39 is 0 Å². The van der Waals surface area contributed by atoms with Gasteiger partial charge in [0.05, 0.1) is 6.04 Å². The molecule has 4 heteroatoms. The zero-order chi connectivity index (χ0) is 11.5. The Morgan fingerprint density at radius 3 is 2.44 bits per heavy atom. The van der Waals surface area contributed by atoms with Crippen LogP contribution in [-0.4, -0.2) is 7.05 Å². The molecule has 84 valence electrons. The van der Waals surface area contributed by atoms with Crippen LogP contribution in [0.15, 0.2) is 44.7 Å². The van der Waals surface area contributed by atoms with Gasteiger partial charge >= 0.3 is 0 Å². The van der Waals surface area contributed by atoms with Gasteiger partial charge in [0, 0.05) is 13.8 Å². The molecule has 1 aromatic heterocycles. The second kappa shape index (κ2) is 5.45. The van der Waals surface area contributed by atoms with Crippen LogP contribution < -0.4 is 5.32 Å². The van der Waals surface area contributed by atoms with Gasteiger partial charge in [0.2, 0.25) is 0 Å². The van der Waals surface area contributed by atoms with Crippen molar-refractivity contribution in [3.63, 3.8) is 0 Å². The van der Waals surface area contributed by atoms with Crippen LogP contribution in [0.3, 0.4) is 0 Å². The number of halogens is 2. The Balaban J connectivity index is 2.45. The van der Waals surface area contributed by atoms with Crippen LogP contribution in [0, 0.1) is 0 Å². The maximum absolute atomic E-state index is 3.60. The zero-order valence-corrected chi connectivity index (χ0v) is 12.7. The van der Waals surface area contributed by atoms with Gasteiger partial charge in [-0.25, -0.2) is 0 Å². The highest BCUT2D eigenvalue weighted by Crippen LogP contribution is 2.35. The molecular formula is C12H11Br2NS. The maximum atomic E-state index is 3.60. The molecule has 0 bridgehead atoms. The van der Waals surface area contributed by atoms with E-state index in [1.807, 2.05) is 13.1 Å². The van der Waals surface area contributed by atoms with Gasteiger partial charge in [-0.3, -0.25) is 0 Å². The molecule has 2 aromatic rings. The lowest BCUT2D eigenvalue weighted by molar-refractivity contribution is 0.698. The summed E-state index contributed by atoms with van der Waals surface area (Å²) in [6.07, 6.45) is 0. The SMILES string of the molecule is CNC(c1ccccc1Br)c1sccc1Br. The Morgan fingerprint density at radius 2 is 1.88 bits per heavy atom. The molecule has 1 atom stereocenters. The first-order chi connectivity index (χ1) is 7.74. The summed E-state index contributed by atoms with van der Waals surface area (Å²) < 4.78 is 2.29. The molecular weight excluding hydrogens is 350 g/mol. The number of benzene rings is 1. The van der Waals surface area contributed by atoms with E-state index in [9.17, 15) is 0 Å². The molecule has 0 saturated carbocycles. The summed E-state index contributed by atoms with van der Waals surface area (Å²) >= 11 is 8.94. The van der Waals surface area contributed by atoms with E-state index in [2.05, 4.69) is 66.8 Å². The zero-order valence-electron chi connectivity index (χ0n) is 8.71. The highest BCUT2D eigenvalue weighted by atomic mass is 79.9. The summed E-state index contributed by atoms with van der Waals surface area (Å²) in [5.74, 6) is 0. The Labute approximate surface area is 116 Å². The molecule has 1 unspecified atom stereocenters. The molecule has 0 fully saturated rings. The summed E-state index contributed by atoms with van der Waals surface area (Å²) in [4.78, 5) is 1.30. The third-order valence-corrected chi connectivity index (χ3v) is 5.07. The third-order valence-electron chi connectivity index (χ3n) is 2.41. The fourth-order valence-corrected chi connectivity index (χ4v) is 3.89. The quantitative estimate of drug-likeness (QED) is 0.844. The predicted molar refractivity (Wildman–Crippen MR) is 77.1 cm³/mol. The monoisotopic (exact) mass is 359 g/mol. The summed E-state index contributed by atoms with van der Waals surface area (Å²) in [5.41, 5.74) is 1.26. The van der Waals surface area contributed by atoms with Gasteiger partial charge in [0.25, 0.3) is 0 Å². The molecule has 0 aliphatic rings. The minimum atomic E-state index is 0.227. The minimum absolute atomic E-state index is 0.227. The number of nitrogens with one attached hydrogen (secondary N) is 1. The molecule has 2 rings (SSSR count). The van der Waals surface area contributed by atoms with Crippen molar-refractivity contribution in [1.29, 1.82) is 0 Å².